The highest BCUT2D eigenvalue weighted by atomic mass is 32.2. The number of ketones is 1. The van der Waals surface area contributed by atoms with E-state index < -0.39 is 16.0 Å². The molecule has 0 N–H and O–H groups in total. The van der Waals surface area contributed by atoms with Crippen molar-refractivity contribution in [1.29, 1.82) is 0 Å². The highest BCUT2D eigenvalue weighted by Gasteiger charge is 2.26. The third-order valence-corrected chi connectivity index (χ3v) is 6.84. The fourth-order valence-corrected chi connectivity index (χ4v) is 4.46. The Morgan fingerprint density at radius 1 is 0.967 bits per heavy atom. The van der Waals surface area contributed by atoms with Crippen LogP contribution in [-0.2, 0) is 19.5 Å². The number of sulfonamides is 1. The van der Waals surface area contributed by atoms with Crippen LogP contribution in [0.25, 0.3) is 0 Å². The summed E-state index contributed by atoms with van der Waals surface area (Å²) in [5, 5.41) is 0. The number of Topliss-reactive ketones (excluding diaryl/α,β-unsaturated/α-hetero) is 1. The highest BCUT2D eigenvalue weighted by molar-refractivity contribution is 7.89. The summed E-state index contributed by atoms with van der Waals surface area (Å²) in [4.78, 5) is 24.6. The Labute approximate surface area is 176 Å². The van der Waals surface area contributed by atoms with Crippen molar-refractivity contribution in [3.8, 4) is 0 Å². The fourth-order valence-electron chi connectivity index (χ4n) is 3.05. The molecular weight excluding hydrogens is 406 g/mol. The molecule has 0 spiro atoms. The number of benzene rings is 2. The van der Waals surface area contributed by atoms with Gasteiger partial charge in [0.1, 0.15) is 0 Å². The Balaban J connectivity index is 1.60. The molecule has 0 amide bonds. The molecule has 0 aliphatic carbocycles. The molecule has 1 aliphatic rings. The van der Waals surface area contributed by atoms with E-state index in [1.54, 1.807) is 12.1 Å². The summed E-state index contributed by atoms with van der Waals surface area (Å²) < 4.78 is 36.9. The predicted molar refractivity (Wildman–Crippen MR) is 111 cm³/mol. The van der Waals surface area contributed by atoms with Gasteiger partial charge in [0.2, 0.25) is 10.0 Å². The second kappa shape index (κ2) is 9.51. The molecule has 0 unspecified atom stereocenters. The van der Waals surface area contributed by atoms with Gasteiger partial charge >= 0.3 is 5.97 Å². The molecule has 1 heterocycles. The van der Waals surface area contributed by atoms with E-state index in [1.807, 2.05) is 12.1 Å². The maximum Gasteiger partial charge on any atom is 0.338 e. The van der Waals surface area contributed by atoms with Crippen LogP contribution in [0, 0.1) is 0 Å². The summed E-state index contributed by atoms with van der Waals surface area (Å²) in [7, 11) is -3.63. The number of hydrogen-bond donors (Lipinski definition) is 0. The second-order valence-corrected chi connectivity index (χ2v) is 9.25. The van der Waals surface area contributed by atoms with Gasteiger partial charge in [0, 0.05) is 18.7 Å². The lowest BCUT2D eigenvalue weighted by molar-refractivity contribution is 0.0474. The molecule has 0 bridgehead atoms. The topological polar surface area (TPSA) is 90.0 Å². The third-order valence-electron chi connectivity index (χ3n) is 4.93. The van der Waals surface area contributed by atoms with Gasteiger partial charge in [-0.05, 0) is 35.7 Å². The normalized spacial score (nSPS) is 15.2. The van der Waals surface area contributed by atoms with Gasteiger partial charge in [-0.3, -0.25) is 4.79 Å². The molecule has 30 heavy (non-hydrogen) atoms. The lowest BCUT2D eigenvalue weighted by Gasteiger charge is -2.26. The molecular formula is C22H25NO6S. The van der Waals surface area contributed by atoms with Crippen molar-refractivity contribution in [3.05, 3.63) is 65.2 Å². The zero-order valence-electron chi connectivity index (χ0n) is 17.0. The van der Waals surface area contributed by atoms with E-state index in [-0.39, 0.29) is 22.8 Å². The summed E-state index contributed by atoms with van der Waals surface area (Å²) in [6.07, 6.45) is 0. The zero-order valence-corrected chi connectivity index (χ0v) is 17.9. The quantitative estimate of drug-likeness (QED) is 0.495. The van der Waals surface area contributed by atoms with Crippen LogP contribution in [0.2, 0.25) is 0 Å². The first-order valence-electron chi connectivity index (χ1n) is 9.77. The van der Waals surface area contributed by atoms with Crippen LogP contribution in [0.4, 0.5) is 0 Å². The molecule has 0 aromatic heterocycles. The average Bonchev–Trinajstić information content (AvgIpc) is 2.78. The van der Waals surface area contributed by atoms with E-state index in [2.05, 4.69) is 13.8 Å². The molecule has 0 atom stereocenters. The van der Waals surface area contributed by atoms with Crippen LogP contribution < -0.4 is 0 Å². The molecule has 7 nitrogen and oxygen atoms in total. The van der Waals surface area contributed by atoms with E-state index in [0.717, 1.165) is 5.56 Å². The first kappa shape index (κ1) is 22.1. The molecule has 0 radical (unpaired) electrons. The smallest absolute Gasteiger partial charge is 0.338 e. The Morgan fingerprint density at radius 2 is 1.53 bits per heavy atom. The van der Waals surface area contributed by atoms with Gasteiger partial charge < -0.3 is 9.47 Å². The van der Waals surface area contributed by atoms with Crippen molar-refractivity contribution in [2.45, 2.75) is 24.7 Å². The minimum atomic E-state index is -3.63. The highest BCUT2D eigenvalue weighted by Crippen LogP contribution is 2.18. The van der Waals surface area contributed by atoms with Crippen LogP contribution in [0.5, 0.6) is 0 Å². The number of morpholine rings is 1. The van der Waals surface area contributed by atoms with Crippen molar-refractivity contribution in [2.24, 2.45) is 0 Å². The average molecular weight is 432 g/mol. The van der Waals surface area contributed by atoms with Gasteiger partial charge in [0.15, 0.2) is 12.4 Å². The molecule has 3 rings (SSSR count). The Bertz CT molecular complexity index is 991. The maximum absolute atomic E-state index is 12.6. The number of hydrogen-bond acceptors (Lipinski definition) is 6. The van der Waals surface area contributed by atoms with E-state index in [1.165, 1.54) is 28.6 Å². The second-order valence-electron chi connectivity index (χ2n) is 7.32. The van der Waals surface area contributed by atoms with E-state index in [9.17, 15) is 18.0 Å². The van der Waals surface area contributed by atoms with Crippen LogP contribution in [0.3, 0.4) is 0 Å². The third kappa shape index (κ3) is 5.13. The van der Waals surface area contributed by atoms with Crippen molar-refractivity contribution in [1.82, 2.24) is 4.31 Å². The summed E-state index contributed by atoms with van der Waals surface area (Å²) in [6, 6.07) is 12.7. The molecule has 2 aromatic carbocycles. The largest absolute Gasteiger partial charge is 0.454 e. The standard InChI is InChI=1S/C22H25NO6S/c1-16(2)17-3-5-18(6-4-17)21(24)15-29-22(25)19-7-9-20(10-8-19)30(26,27)23-11-13-28-14-12-23/h3-10,16H,11-15H2,1-2H3. The van der Waals surface area contributed by atoms with Gasteiger partial charge in [-0.25, -0.2) is 13.2 Å². The minimum absolute atomic E-state index is 0.0993. The van der Waals surface area contributed by atoms with Crippen LogP contribution >= 0.6 is 0 Å². The predicted octanol–water partition coefficient (Wildman–Crippen LogP) is 2.87. The molecule has 160 valence electrons. The first-order valence-corrected chi connectivity index (χ1v) is 11.2. The maximum atomic E-state index is 12.6. The molecule has 2 aromatic rings. The van der Waals surface area contributed by atoms with E-state index >= 15 is 0 Å². The summed E-state index contributed by atoms with van der Waals surface area (Å²) in [5.74, 6) is -0.621. The van der Waals surface area contributed by atoms with Gasteiger partial charge in [0.05, 0.1) is 23.7 Å². The number of carbonyl (C=O) groups excluding carboxylic acids is 2. The molecule has 1 aliphatic heterocycles. The summed E-state index contributed by atoms with van der Waals surface area (Å²) in [5.41, 5.74) is 1.77. The number of ether oxygens (including phenoxy) is 2. The van der Waals surface area contributed by atoms with Crippen LogP contribution in [0.1, 0.15) is 46.0 Å². The van der Waals surface area contributed by atoms with Crippen molar-refractivity contribution in [2.75, 3.05) is 32.9 Å². The van der Waals surface area contributed by atoms with Crippen molar-refractivity contribution >= 4 is 21.8 Å². The SMILES string of the molecule is CC(C)c1ccc(C(=O)COC(=O)c2ccc(S(=O)(=O)N3CCOCC3)cc2)cc1. The van der Waals surface area contributed by atoms with Gasteiger partial charge in [-0.2, -0.15) is 4.31 Å². The summed E-state index contributed by atoms with van der Waals surface area (Å²) in [6.45, 7) is 5.06. The Hall–Kier alpha value is -2.55. The number of rotatable bonds is 7. The lowest BCUT2D eigenvalue weighted by Crippen LogP contribution is -2.40. The number of esters is 1. The fraction of sp³-hybridized carbons (Fsp3) is 0.364. The number of nitrogens with zero attached hydrogens (tertiary/aromatic N) is 1. The van der Waals surface area contributed by atoms with Gasteiger partial charge in [-0.1, -0.05) is 38.1 Å². The van der Waals surface area contributed by atoms with E-state index in [4.69, 9.17) is 9.47 Å². The summed E-state index contributed by atoms with van der Waals surface area (Å²) >= 11 is 0. The van der Waals surface area contributed by atoms with Crippen molar-refractivity contribution < 1.29 is 27.5 Å². The molecule has 8 heteroatoms. The van der Waals surface area contributed by atoms with Crippen molar-refractivity contribution in [3.63, 3.8) is 0 Å². The van der Waals surface area contributed by atoms with Gasteiger partial charge in [0.25, 0.3) is 0 Å². The first-order chi connectivity index (χ1) is 14.3. The minimum Gasteiger partial charge on any atom is -0.454 e. The van der Waals surface area contributed by atoms with Gasteiger partial charge in [-0.15, -0.1) is 0 Å². The zero-order chi connectivity index (χ0) is 21.7. The number of carbonyl (C=O) groups is 2. The Morgan fingerprint density at radius 3 is 2.10 bits per heavy atom. The monoisotopic (exact) mass is 431 g/mol. The van der Waals surface area contributed by atoms with Crippen LogP contribution in [-0.4, -0.2) is 57.4 Å². The van der Waals surface area contributed by atoms with E-state index in [0.29, 0.717) is 37.8 Å². The Kier molecular flexibility index (Phi) is 7.02. The molecule has 1 fully saturated rings. The molecule has 1 saturated heterocycles. The lowest BCUT2D eigenvalue weighted by atomic mass is 10.0. The van der Waals surface area contributed by atoms with Crippen LogP contribution in [0.15, 0.2) is 53.4 Å². The molecule has 0 saturated carbocycles.